The van der Waals surface area contributed by atoms with Crippen molar-refractivity contribution in [2.45, 2.75) is 44.9 Å². The second kappa shape index (κ2) is 9.86. The van der Waals surface area contributed by atoms with Crippen LogP contribution in [0.1, 0.15) is 36.7 Å². The molecule has 0 unspecified atom stereocenters. The number of aromatic nitrogens is 2. The fourth-order valence-electron chi connectivity index (χ4n) is 2.36. The van der Waals surface area contributed by atoms with Gasteiger partial charge in [0.25, 0.3) is 0 Å². The Bertz CT molecular complexity index is 865. The number of rotatable bonds is 10. The first-order chi connectivity index (χ1) is 12.7. The van der Waals surface area contributed by atoms with E-state index in [4.69, 9.17) is 4.52 Å². The molecule has 148 valence electrons. The van der Waals surface area contributed by atoms with Crippen LogP contribution in [0.15, 0.2) is 28.8 Å². The van der Waals surface area contributed by atoms with Gasteiger partial charge in [-0.05, 0) is 25.0 Å². The SMILES string of the molecule is Cc1nc(CSCC(=O)NCc2ccccc2CS(=O)(=O)NC(C)C)no1. The Morgan fingerprint density at radius 2 is 1.96 bits per heavy atom. The standard InChI is InChI=1S/C17H24N4O4S2/c1-12(2)21-27(23,24)11-15-7-5-4-6-14(15)8-18-17(22)10-26-9-16-19-13(3)25-20-16/h4-7,12,21H,8-11H2,1-3H3,(H,18,22). The highest BCUT2D eigenvalue weighted by Gasteiger charge is 2.15. The van der Waals surface area contributed by atoms with Crippen LogP contribution < -0.4 is 10.0 Å². The lowest BCUT2D eigenvalue weighted by Gasteiger charge is -2.13. The first-order valence-corrected chi connectivity index (χ1v) is 11.3. The van der Waals surface area contributed by atoms with Crippen molar-refractivity contribution in [2.75, 3.05) is 5.75 Å². The number of nitrogens with one attached hydrogen (secondary N) is 2. The third kappa shape index (κ3) is 7.69. The van der Waals surface area contributed by atoms with E-state index >= 15 is 0 Å². The molecule has 0 aliphatic heterocycles. The monoisotopic (exact) mass is 412 g/mol. The first-order valence-electron chi connectivity index (χ1n) is 8.45. The fraction of sp³-hybridized carbons (Fsp3) is 0.471. The molecular weight excluding hydrogens is 388 g/mol. The second-order valence-electron chi connectivity index (χ2n) is 6.30. The van der Waals surface area contributed by atoms with Crippen LogP contribution in [0, 0.1) is 6.92 Å². The van der Waals surface area contributed by atoms with Crippen LogP contribution in [-0.4, -0.2) is 36.3 Å². The first kappa shape index (κ1) is 21.4. The molecule has 0 fully saturated rings. The van der Waals surface area contributed by atoms with Crippen LogP contribution >= 0.6 is 11.8 Å². The van der Waals surface area contributed by atoms with Crippen LogP contribution in [-0.2, 0) is 32.9 Å². The van der Waals surface area contributed by atoms with Gasteiger partial charge in [0.1, 0.15) is 0 Å². The minimum Gasteiger partial charge on any atom is -0.351 e. The highest BCUT2D eigenvalue weighted by Crippen LogP contribution is 2.13. The molecule has 0 bridgehead atoms. The van der Waals surface area contributed by atoms with Crippen LogP contribution in [0.5, 0.6) is 0 Å². The van der Waals surface area contributed by atoms with Crippen molar-refractivity contribution in [3.63, 3.8) is 0 Å². The number of hydrogen-bond acceptors (Lipinski definition) is 7. The lowest BCUT2D eigenvalue weighted by molar-refractivity contribution is -0.118. The largest absolute Gasteiger partial charge is 0.351 e. The molecule has 0 spiro atoms. The molecule has 0 atom stereocenters. The lowest BCUT2D eigenvalue weighted by atomic mass is 10.1. The van der Waals surface area contributed by atoms with Crippen molar-refractivity contribution >= 4 is 27.7 Å². The molecular formula is C17H24N4O4S2. The number of carbonyl (C=O) groups is 1. The van der Waals surface area contributed by atoms with Gasteiger partial charge in [0.15, 0.2) is 5.82 Å². The molecule has 27 heavy (non-hydrogen) atoms. The summed E-state index contributed by atoms with van der Waals surface area (Å²) in [6, 6.07) is 7.01. The Labute approximate surface area is 163 Å². The van der Waals surface area contributed by atoms with Gasteiger partial charge in [0, 0.05) is 19.5 Å². The van der Waals surface area contributed by atoms with Crippen molar-refractivity contribution in [2.24, 2.45) is 0 Å². The van der Waals surface area contributed by atoms with Crippen LogP contribution in [0.25, 0.3) is 0 Å². The Balaban J connectivity index is 1.85. The van der Waals surface area contributed by atoms with E-state index in [1.165, 1.54) is 11.8 Å². The van der Waals surface area contributed by atoms with Gasteiger partial charge < -0.3 is 9.84 Å². The van der Waals surface area contributed by atoms with Gasteiger partial charge in [0.05, 0.1) is 17.3 Å². The van der Waals surface area contributed by atoms with E-state index in [0.29, 0.717) is 23.0 Å². The molecule has 0 saturated carbocycles. The summed E-state index contributed by atoms with van der Waals surface area (Å²) in [6.45, 7) is 5.53. The summed E-state index contributed by atoms with van der Waals surface area (Å²) in [6.07, 6.45) is 0. The average molecular weight is 413 g/mol. The number of hydrogen-bond donors (Lipinski definition) is 2. The number of benzene rings is 1. The summed E-state index contributed by atoms with van der Waals surface area (Å²) in [5, 5.41) is 6.59. The third-order valence-corrected chi connectivity index (χ3v) is 5.84. The molecule has 2 N–H and O–H groups in total. The average Bonchev–Trinajstić information content (AvgIpc) is 2.98. The number of aryl methyl sites for hydroxylation is 1. The zero-order valence-corrected chi connectivity index (χ0v) is 17.2. The number of carbonyl (C=O) groups excluding carboxylic acids is 1. The molecule has 0 aliphatic rings. The summed E-state index contributed by atoms with van der Waals surface area (Å²) < 4.78 is 31.8. The number of nitrogens with zero attached hydrogens (tertiary/aromatic N) is 2. The Kier molecular flexibility index (Phi) is 7.81. The van der Waals surface area contributed by atoms with Gasteiger partial charge in [-0.25, -0.2) is 13.1 Å². The minimum absolute atomic E-state index is 0.122. The van der Waals surface area contributed by atoms with Crippen LogP contribution in [0.4, 0.5) is 0 Å². The van der Waals surface area contributed by atoms with Crippen molar-refractivity contribution in [3.05, 3.63) is 47.1 Å². The zero-order chi connectivity index (χ0) is 19.9. The van der Waals surface area contributed by atoms with Crippen molar-refractivity contribution in [1.29, 1.82) is 0 Å². The molecule has 1 heterocycles. The van der Waals surface area contributed by atoms with E-state index in [9.17, 15) is 13.2 Å². The van der Waals surface area contributed by atoms with E-state index in [2.05, 4.69) is 20.2 Å². The zero-order valence-electron chi connectivity index (χ0n) is 15.6. The van der Waals surface area contributed by atoms with E-state index in [-0.39, 0.29) is 30.0 Å². The molecule has 10 heteroatoms. The maximum Gasteiger partial charge on any atom is 0.230 e. The quantitative estimate of drug-likeness (QED) is 0.611. The topological polar surface area (TPSA) is 114 Å². The summed E-state index contributed by atoms with van der Waals surface area (Å²) in [7, 11) is -3.43. The maximum atomic E-state index is 12.2. The lowest BCUT2D eigenvalue weighted by Crippen LogP contribution is -2.32. The Hall–Kier alpha value is -1.91. The molecule has 0 saturated heterocycles. The molecule has 0 aliphatic carbocycles. The highest BCUT2D eigenvalue weighted by molar-refractivity contribution is 7.99. The van der Waals surface area contributed by atoms with Crippen molar-refractivity contribution < 1.29 is 17.7 Å². The van der Waals surface area contributed by atoms with Gasteiger partial charge in [-0.3, -0.25) is 4.79 Å². The molecule has 8 nitrogen and oxygen atoms in total. The normalized spacial score (nSPS) is 11.7. The smallest absolute Gasteiger partial charge is 0.230 e. The summed E-state index contributed by atoms with van der Waals surface area (Å²) in [5.41, 5.74) is 1.44. The van der Waals surface area contributed by atoms with Gasteiger partial charge in [-0.15, -0.1) is 11.8 Å². The minimum atomic E-state index is -3.43. The van der Waals surface area contributed by atoms with E-state index in [1.54, 1.807) is 32.9 Å². The molecule has 2 rings (SSSR count). The Morgan fingerprint density at radius 3 is 2.59 bits per heavy atom. The molecule has 1 aromatic heterocycles. The summed E-state index contributed by atoms with van der Waals surface area (Å²) >= 11 is 1.38. The Morgan fingerprint density at radius 1 is 1.26 bits per heavy atom. The maximum absolute atomic E-state index is 12.2. The van der Waals surface area contributed by atoms with Gasteiger partial charge in [-0.2, -0.15) is 4.98 Å². The van der Waals surface area contributed by atoms with Gasteiger partial charge in [-0.1, -0.05) is 29.4 Å². The van der Waals surface area contributed by atoms with Crippen molar-refractivity contribution in [1.82, 2.24) is 20.2 Å². The van der Waals surface area contributed by atoms with Crippen molar-refractivity contribution in [3.8, 4) is 0 Å². The third-order valence-electron chi connectivity index (χ3n) is 3.39. The second-order valence-corrected chi connectivity index (χ2v) is 9.04. The summed E-state index contributed by atoms with van der Waals surface area (Å²) in [4.78, 5) is 16.1. The number of thioether (sulfide) groups is 1. The van der Waals surface area contributed by atoms with E-state index in [1.807, 2.05) is 12.1 Å². The predicted octanol–water partition coefficient (Wildman–Crippen LogP) is 1.76. The predicted molar refractivity (Wildman–Crippen MR) is 104 cm³/mol. The van der Waals surface area contributed by atoms with E-state index in [0.717, 1.165) is 5.56 Å². The molecule has 0 radical (unpaired) electrons. The van der Waals surface area contributed by atoms with Crippen LogP contribution in [0.2, 0.25) is 0 Å². The number of sulfonamides is 1. The number of amides is 1. The van der Waals surface area contributed by atoms with Crippen LogP contribution in [0.3, 0.4) is 0 Å². The molecule has 1 amide bonds. The molecule has 1 aromatic carbocycles. The van der Waals surface area contributed by atoms with Gasteiger partial charge in [0.2, 0.25) is 21.8 Å². The summed E-state index contributed by atoms with van der Waals surface area (Å²) in [5.74, 6) is 1.53. The highest BCUT2D eigenvalue weighted by atomic mass is 32.2. The molecule has 2 aromatic rings. The fourth-order valence-corrected chi connectivity index (χ4v) is 4.54. The van der Waals surface area contributed by atoms with E-state index < -0.39 is 10.0 Å². The van der Waals surface area contributed by atoms with Gasteiger partial charge >= 0.3 is 0 Å².